The second-order valence-electron chi connectivity index (χ2n) is 7.38. The van der Waals surface area contributed by atoms with Gasteiger partial charge in [-0.3, -0.25) is 9.59 Å². The first-order chi connectivity index (χ1) is 14.0. The molecule has 1 saturated heterocycles. The molecule has 3 rings (SSSR count). The van der Waals surface area contributed by atoms with Crippen molar-refractivity contribution >= 4 is 23.5 Å². The average molecular weight is 394 g/mol. The van der Waals surface area contributed by atoms with Gasteiger partial charge in [-0.15, -0.1) is 0 Å². The molecule has 0 saturated carbocycles. The van der Waals surface area contributed by atoms with Gasteiger partial charge in [-0.1, -0.05) is 29.8 Å². The molecule has 0 aliphatic carbocycles. The van der Waals surface area contributed by atoms with E-state index in [1.807, 2.05) is 36.1 Å². The van der Waals surface area contributed by atoms with Crippen LogP contribution in [0, 0.1) is 12.8 Å². The molecule has 6 nitrogen and oxygen atoms in total. The summed E-state index contributed by atoms with van der Waals surface area (Å²) in [5.74, 6) is -0.489. The molecule has 0 atom stereocenters. The highest BCUT2D eigenvalue weighted by atomic mass is 16.5. The maximum Gasteiger partial charge on any atom is 0.337 e. The van der Waals surface area contributed by atoms with Crippen molar-refractivity contribution in [2.75, 3.05) is 25.5 Å². The van der Waals surface area contributed by atoms with E-state index in [1.54, 1.807) is 24.3 Å². The summed E-state index contributed by atoms with van der Waals surface area (Å²) in [6.45, 7) is 3.20. The fourth-order valence-electron chi connectivity index (χ4n) is 3.44. The minimum Gasteiger partial charge on any atom is -0.465 e. The van der Waals surface area contributed by atoms with Crippen LogP contribution in [0.2, 0.25) is 0 Å². The number of benzene rings is 2. The number of hydrogen-bond donors (Lipinski definition) is 1. The molecule has 0 radical (unpaired) electrons. The van der Waals surface area contributed by atoms with Crippen molar-refractivity contribution in [3.8, 4) is 0 Å². The largest absolute Gasteiger partial charge is 0.465 e. The maximum atomic E-state index is 12.5. The molecule has 0 aromatic heterocycles. The van der Waals surface area contributed by atoms with Gasteiger partial charge >= 0.3 is 5.97 Å². The first kappa shape index (κ1) is 20.6. The Morgan fingerprint density at radius 3 is 2.21 bits per heavy atom. The number of esters is 1. The maximum absolute atomic E-state index is 12.5. The average Bonchev–Trinajstić information content (AvgIpc) is 2.75. The van der Waals surface area contributed by atoms with Gasteiger partial charge in [0.05, 0.1) is 19.1 Å². The highest BCUT2D eigenvalue weighted by molar-refractivity contribution is 5.94. The molecule has 2 aromatic rings. The highest BCUT2D eigenvalue weighted by Gasteiger charge is 2.27. The summed E-state index contributed by atoms with van der Waals surface area (Å²) in [5.41, 5.74) is 3.26. The lowest BCUT2D eigenvalue weighted by atomic mass is 9.95. The second kappa shape index (κ2) is 9.37. The first-order valence-electron chi connectivity index (χ1n) is 9.79. The van der Waals surface area contributed by atoms with Crippen LogP contribution in [0.5, 0.6) is 0 Å². The third-order valence-electron chi connectivity index (χ3n) is 5.27. The van der Waals surface area contributed by atoms with Gasteiger partial charge in [0.1, 0.15) is 0 Å². The standard InChI is InChI=1S/C23H26N2O4/c1-16-3-5-17(6-4-16)15-21(26)25-13-11-18(12-14-25)22(27)24-20-9-7-19(8-10-20)23(28)29-2/h3-10,18H,11-15H2,1-2H3,(H,24,27). The van der Waals surface area contributed by atoms with Crippen molar-refractivity contribution in [1.82, 2.24) is 4.90 Å². The Kier molecular flexibility index (Phi) is 6.65. The van der Waals surface area contributed by atoms with Gasteiger partial charge in [0, 0.05) is 24.7 Å². The number of anilines is 1. The number of methoxy groups -OCH3 is 1. The molecule has 6 heteroatoms. The molecule has 2 amide bonds. The van der Waals surface area contributed by atoms with Crippen LogP contribution in [0.4, 0.5) is 5.69 Å². The van der Waals surface area contributed by atoms with E-state index in [4.69, 9.17) is 0 Å². The van der Waals surface area contributed by atoms with E-state index in [0.717, 1.165) is 5.56 Å². The summed E-state index contributed by atoms with van der Waals surface area (Å²) >= 11 is 0. The number of rotatable bonds is 5. The van der Waals surface area contributed by atoms with Crippen molar-refractivity contribution in [2.24, 2.45) is 5.92 Å². The fourth-order valence-corrected chi connectivity index (χ4v) is 3.44. The lowest BCUT2D eigenvalue weighted by Crippen LogP contribution is -2.42. The zero-order valence-electron chi connectivity index (χ0n) is 16.8. The summed E-state index contributed by atoms with van der Waals surface area (Å²) in [6, 6.07) is 14.6. The van der Waals surface area contributed by atoms with Gasteiger partial charge in [0.2, 0.25) is 11.8 Å². The topological polar surface area (TPSA) is 75.7 Å². The predicted molar refractivity (Wildman–Crippen MR) is 111 cm³/mol. The van der Waals surface area contributed by atoms with Crippen LogP contribution >= 0.6 is 0 Å². The molecule has 1 N–H and O–H groups in total. The molecule has 1 fully saturated rings. The minimum absolute atomic E-state index is 0.0542. The quantitative estimate of drug-likeness (QED) is 0.790. The Hall–Kier alpha value is -3.15. The van der Waals surface area contributed by atoms with Crippen LogP contribution in [0.3, 0.4) is 0 Å². The van der Waals surface area contributed by atoms with Crippen LogP contribution in [-0.4, -0.2) is 42.9 Å². The molecule has 1 aliphatic heterocycles. The summed E-state index contributed by atoms with van der Waals surface area (Å²) in [7, 11) is 1.33. The highest BCUT2D eigenvalue weighted by Crippen LogP contribution is 2.21. The van der Waals surface area contributed by atoms with Crippen molar-refractivity contribution in [1.29, 1.82) is 0 Å². The summed E-state index contributed by atoms with van der Waals surface area (Å²) in [6.07, 6.45) is 1.68. The van der Waals surface area contributed by atoms with Crippen LogP contribution in [0.25, 0.3) is 0 Å². The molecular weight excluding hydrogens is 368 g/mol. The smallest absolute Gasteiger partial charge is 0.337 e. The van der Waals surface area contributed by atoms with E-state index in [2.05, 4.69) is 10.1 Å². The minimum atomic E-state index is -0.412. The van der Waals surface area contributed by atoms with Crippen LogP contribution in [0.15, 0.2) is 48.5 Å². The van der Waals surface area contributed by atoms with E-state index in [1.165, 1.54) is 12.7 Å². The summed E-state index contributed by atoms with van der Waals surface area (Å²) < 4.78 is 4.67. The number of nitrogens with zero attached hydrogens (tertiary/aromatic N) is 1. The number of aryl methyl sites for hydroxylation is 1. The van der Waals surface area contributed by atoms with Gasteiger partial charge in [-0.2, -0.15) is 0 Å². The normalized spacial score (nSPS) is 14.3. The summed E-state index contributed by atoms with van der Waals surface area (Å²) in [5, 5.41) is 2.89. The lowest BCUT2D eigenvalue weighted by molar-refractivity contribution is -0.133. The van der Waals surface area contributed by atoms with E-state index in [9.17, 15) is 14.4 Å². The predicted octanol–water partition coefficient (Wildman–Crippen LogP) is 3.20. The molecule has 1 aliphatic rings. The Labute approximate surface area is 170 Å². The lowest BCUT2D eigenvalue weighted by Gasteiger charge is -2.31. The van der Waals surface area contributed by atoms with Crippen LogP contribution in [-0.2, 0) is 20.7 Å². The summed E-state index contributed by atoms with van der Waals surface area (Å²) in [4.78, 5) is 38.4. The third-order valence-corrected chi connectivity index (χ3v) is 5.27. The van der Waals surface area contributed by atoms with Gasteiger partial charge in [0.15, 0.2) is 0 Å². The molecule has 0 unspecified atom stereocenters. The number of carbonyl (C=O) groups is 3. The number of nitrogens with one attached hydrogen (secondary N) is 1. The number of amides is 2. The molecule has 1 heterocycles. The SMILES string of the molecule is COC(=O)c1ccc(NC(=O)C2CCN(C(=O)Cc3ccc(C)cc3)CC2)cc1. The number of hydrogen-bond acceptors (Lipinski definition) is 4. The molecule has 2 aromatic carbocycles. The van der Waals surface area contributed by atoms with Gasteiger partial charge in [0.25, 0.3) is 0 Å². The third kappa shape index (κ3) is 5.44. The molecule has 0 bridgehead atoms. The monoisotopic (exact) mass is 394 g/mol. The van der Waals surface area contributed by atoms with E-state index < -0.39 is 5.97 Å². The zero-order chi connectivity index (χ0) is 20.8. The Morgan fingerprint density at radius 1 is 1.00 bits per heavy atom. The van der Waals surface area contributed by atoms with Crippen molar-refractivity contribution < 1.29 is 19.1 Å². The number of piperidine rings is 1. The van der Waals surface area contributed by atoms with Crippen LogP contribution < -0.4 is 5.32 Å². The zero-order valence-corrected chi connectivity index (χ0v) is 16.8. The number of likely N-dealkylation sites (tertiary alicyclic amines) is 1. The molecule has 0 spiro atoms. The Morgan fingerprint density at radius 2 is 1.62 bits per heavy atom. The second-order valence-corrected chi connectivity index (χ2v) is 7.38. The molecule has 152 valence electrons. The van der Waals surface area contributed by atoms with Gasteiger partial charge in [-0.05, 0) is 49.6 Å². The van der Waals surface area contributed by atoms with Crippen molar-refractivity contribution in [3.05, 3.63) is 65.2 Å². The Balaban J connectivity index is 1.48. The molecular formula is C23H26N2O4. The van der Waals surface area contributed by atoms with Crippen LogP contribution in [0.1, 0.15) is 34.3 Å². The number of carbonyl (C=O) groups excluding carboxylic acids is 3. The van der Waals surface area contributed by atoms with Gasteiger partial charge in [-0.25, -0.2) is 4.79 Å². The van der Waals surface area contributed by atoms with Crippen molar-refractivity contribution in [3.63, 3.8) is 0 Å². The molecule has 29 heavy (non-hydrogen) atoms. The first-order valence-corrected chi connectivity index (χ1v) is 9.79. The number of ether oxygens (including phenoxy) is 1. The fraction of sp³-hybridized carbons (Fsp3) is 0.348. The van der Waals surface area contributed by atoms with Crippen molar-refractivity contribution in [2.45, 2.75) is 26.2 Å². The Bertz CT molecular complexity index is 867. The van der Waals surface area contributed by atoms with E-state index >= 15 is 0 Å². The van der Waals surface area contributed by atoms with Gasteiger partial charge < -0.3 is 15.0 Å². The van der Waals surface area contributed by atoms with E-state index in [-0.39, 0.29) is 17.7 Å². The van der Waals surface area contributed by atoms with E-state index in [0.29, 0.717) is 43.6 Å².